The molecule has 2 rings (SSSR count). The standard InChI is InChI=1S/C15H25N3O/c1-4-14(13-7-5-6-8-15(13)19-3)16-18-11-9-17(2)10-12-18/h5-8,14,16H,4,9-12H2,1-3H3. The van der Waals surface area contributed by atoms with Crippen LogP contribution >= 0.6 is 0 Å². The summed E-state index contributed by atoms with van der Waals surface area (Å²) in [7, 11) is 3.91. The van der Waals surface area contributed by atoms with Gasteiger partial charge in [0.2, 0.25) is 0 Å². The smallest absolute Gasteiger partial charge is 0.123 e. The van der Waals surface area contributed by atoms with E-state index in [9.17, 15) is 0 Å². The first kappa shape index (κ1) is 14.3. The maximum atomic E-state index is 5.47. The first-order valence-corrected chi connectivity index (χ1v) is 7.07. The highest BCUT2D eigenvalue weighted by atomic mass is 16.5. The molecule has 0 saturated carbocycles. The van der Waals surface area contributed by atoms with Crippen LogP contribution in [0, 0.1) is 0 Å². The van der Waals surface area contributed by atoms with Gasteiger partial charge in [-0.1, -0.05) is 25.1 Å². The Morgan fingerprint density at radius 2 is 1.89 bits per heavy atom. The quantitative estimate of drug-likeness (QED) is 0.878. The van der Waals surface area contributed by atoms with Gasteiger partial charge in [-0.3, -0.25) is 0 Å². The topological polar surface area (TPSA) is 27.7 Å². The second kappa shape index (κ2) is 6.89. The monoisotopic (exact) mass is 263 g/mol. The van der Waals surface area contributed by atoms with E-state index in [1.54, 1.807) is 7.11 Å². The molecule has 1 aliphatic heterocycles. The zero-order valence-corrected chi connectivity index (χ0v) is 12.2. The van der Waals surface area contributed by atoms with Gasteiger partial charge in [-0.25, -0.2) is 10.4 Å². The Morgan fingerprint density at radius 1 is 1.21 bits per heavy atom. The molecular formula is C15H25N3O. The number of nitrogens with zero attached hydrogens (tertiary/aromatic N) is 2. The molecule has 1 aromatic rings. The number of methoxy groups -OCH3 is 1. The molecule has 19 heavy (non-hydrogen) atoms. The first-order valence-electron chi connectivity index (χ1n) is 7.07. The molecule has 0 aliphatic carbocycles. The highest BCUT2D eigenvalue weighted by molar-refractivity contribution is 5.35. The fraction of sp³-hybridized carbons (Fsp3) is 0.600. The Balaban J connectivity index is 2.03. The summed E-state index contributed by atoms with van der Waals surface area (Å²) in [5.74, 6) is 0.968. The summed E-state index contributed by atoms with van der Waals surface area (Å²) in [6.07, 6.45) is 1.05. The van der Waals surface area contributed by atoms with E-state index in [0.717, 1.165) is 38.3 Å². The molecular weight excluding hydrogens is 238 g/mol. The van der Waals surface area contributed by atoms with Crippen molar-refractivity contribution >= 4 is 0 Å². The first-order chi connectivity index (χ1) is 9.24. The van der Waals surface area contributed by atoms with Crippen LogP contribution < -0.4 is 10.2 Å². The summed E-state index contributed by atoms with van der Waals surface area (Å²) >= 11 is 0. The molecule has 4 nitrogen and oxygen atoms in total. The minimum atomic E-state index is 0.319. The molecule has 1 aromatic carbocycles. The third-order valence-electron chi connectivity index (χ3n) is 3.76. The van der Waals surface area contributed by atoms with Gasteiger partial charge in [0.15, 0.2) is 0 Å². The van der Waals surface area contributed by atoms with Crippen LogP contribution in [0.15, 0.2) is 24.3 Å². The molecule has 1 N–H and O–H groups in total. The molecule has 0 bridgehead atoms. The molecule has 1 fully saturated rings. The Morgan fingerprint density at radius 3 is 2.53 bits per heavy atom. The van der Waals surface area contributed by atoms with Crippen molar-refractivity contribution < 1.29 is 4.74 Å². The van der Waals surface area contributed by atoms with Crippen molar-refractivity contribution in [2.24, 2.45) is 0 Å². The van der Waals surface area contributed by atoms with Crippen LogP contribution in [0.1, 0.15) is 24.9 Å². The van der Waals surface area contributed by atoms with E-state index in [4.69, 9.17) is 4.74 Å². The van der Waals surface area contributed by atoms with Crippen LogP contribution in [0.3, 0.4) is 0 Å². The van der Waals surface area contributed by atoms with Crippen molar-refractivity contribution in [1.29, 1.82) is 0 Å². The lowest BCUT2D eigenvalue weighted by Gasteiger charge is -2.35. The van der Waals surface area contributed by atoms with Gasteiger partial charge in [-0.2, -0.15) is 0 Å². The van der Waals surface area contributed by atoms with Crippen molar-refractivity contribution in [2.45, 2.75) is 19.4 Å². The van der Waals surface area contributed by atoms with Gasteiger partial charge in [0, 0.05) is 37.8 Å². The predicted octanol–water partition coefficient (Wildman–Crippen LogP) is 1.90. The summed E-state index contributed by atoms with van der Waals surface area (Å²) in [5.41, 5.74) is 4.89. The number of hydrogen-bond donors (Lipinski definition) is 1. The van der Waals surface area contributed by atoms with Crippen LogP contribution in [0.25, 0.3) is 0 Å². The molecule has 1 heterocycles. The van der Waals surface area contributed by atoms with Crippen molar-refractivity contribution in [3.8, 4) is 5.75 Å². The van der Waals surface area contributed by atoms with Crippen molar-refractivity contribution in [2.75, 3.05) is 40.3 Å². The molecule has 1 unspecified atom stereocenters. The van der Waals surface area contributed by atoms with E-state index in [0.29, 0.717) is 6.04 Å². The van der Waals surface area contributed by atoms with Gasteiger partial charge in [0.1, 0.15) is 5.75 Å². The number of nitrogens with one attached hydrogen (secondary N) is 1. The second-order valence-corrected chi connectivity index (χ2v) is 5.12. The van der Waals surface area contributed by atoms with E-state index < -0.39 is 0 Å². The summed E-state index contributed by atoms with van der Waals surface area (Å²) in [6.45, 7) is 6.59. The summed E-state index contributed by atoms with van der Waals surface area (Å²) in [6, 6.07) is 8.59. The molecule has 0 aromatic heterocycles. The fourth-order valence-corrected chi connectivity index (χ4v) is 2.49. The summed E-state index contributed by atoms with van der Waals surface area (Å²) in [5, 5.41) is 2.33. The number of ether oxygens (including phenoxy) is 1. The fourth-order valence-electron chi connectivity index (χ4n) is 2.49. The van der Waals surface area contributed by atoms with E-state index >= 15 is 0 Å². The number of rotatable bonds is 5. The van der Waals surface area contributed by atoms with Gasteiger partial charge in [-0.05, 0) is 19.5 Å². The Kier molecular flexibility index (Phi) is 5.19. The van der Waals surface area contributed by atoms with Crippen LogP contribution in [0.5, 0.6) is 5.75 Å². The Bertz CT molecular complexity index is 389. The average molecular weight is 263 g/mol. The normalized spacial score (nSPS) is 19.3. The maximum Gasteiger partial charge on any atom is 0.123 e. The molecule has 0 amide bonds. The molecule has 106 valence electrons. The third kappa shape index (κ3) is 3.69. The zero-order chi connectivity index (χ0) is 13.7. The Labute approximate surface area is 116 Å². The predicted molar refractivity (Wildman–Crippen MR) is 78.2 cm³/mol. The highest BCUT2D eigenvalue weighted by Crippen LogP contribution is 2.27. The number of para-hydroxylation sites is 1. The summed E-state index contributed by atoms with van der Waals surface area (Å²) in [4.78, 5) is 2.36. The second-order valence-electron chi connectivity index (χ2n) is 5.12. The van der Waals surface area contributed by atoms with E-state index in [1.807, 2.05) is 12.1 Å². The SMILES string of the molecule is CCC(NN1CCN(C)CC1)c1ccccc1OC. The molecule has 1 aliphatic rings. The molecule has 1 atom stereocenters. The molecule has 0 spiro atoms. The van der Waals surface area contributed by atoms with Gasteiger partial charge < -0.3 is 9.64 Å². The zero-order valence-electron chi connectivity index (χ0n) is 12.2. The number of hydrazine groups is 1. The van der Waals surface area contributed by atoms with Crippen molar-refractivity contribution in [1.82, 2.24) is 15.3 Å². The molecule has 1 saturated heterocycles. The van der Waals surface area contributed by atoms with E-state index in [2.05, 4.69) is 41.4 Å². The van der Waals surface area contributed by atoms with Crippen molar-refractivity contribution in [3.05, 3.63) is 29.8 Å². The van der Waals surface area contributed by atoms with Crippen LogP contribution in [-0.4, -0.2) is 50.2 Å². The number of piperazine rings is 1. The molecule has 4 heteroatoms. The van der Waals surface area contributed by atoms with Crippen LogP contribution in [-0.2, 0) is 0 Å². The van der Waals surface area contributed by atoms with Crippen LogP contribution in [0.4, 0.5) is 0 Å². The average Bonchev–Trinajstić information content (AvgIpc) is 2.46. The van der Waals surface area contributed by atoms with Gasteiger partial charge in [-0.15, -0.1) is 0 Å². The van der Waals surface area contributed by atoms with Gasteiger partial charge in [0.05, 0.1) is 7.11 Å². The maximum absolute atomic E-state index is 5.47. The largest absolute Gasteiger partial charge is 0.496 e. The number of benzene rings is 1. The van der Waals surface area contributed by atoms with Gasteiger partial charge in [0.25, 0.3) is 0 Å². The highest BCUT2D eigenvalue weighted by Gasteiger charge is 2.19. The lowest BCUT2D eigenvalue weighted by Crippen LogP contribution is -2.51. The minimum absolute atomic E-state index is 0.319. The number of hydrogen-bond acceptors (Lipinski definition) is 4. The lowest BCUT2D eigenvalue weighted by molar-refractivity contribution is 0.0851. The van der Waals surface area contributed by atoms with Crippen molar-refractivity contribution in [3.63, 3.8) is 0 Å². The molecule has 0 radical (unpaired) electrons. The lowest BCUT2D eigenvalue weighted by atomic mass is 10.0. The Hall–Kier alpha value is -1.10. The number of likely N-dealkylation sites (N-methyl/N-ethyl adjacent to an activating group) is 1. The van der Waals surface area contributed by atoms with E-state index in [-0.39, 0.29) is 0 Å². The summed E-state index contributed by atoms with van der Waals surface area (Å²) < 4.78 is 5.47. The minimum Gasteiger partial charge on any atom is -0.496 e. The van der Waals surface area contributed by atoms with Crippen LogP contribution in [0.2, 0.25) is 0 Å². The van der Waals surface area contributed by atoms with E-state index in [1.165, 1.54) is 5.56 Å². The van der Waals surface area contributed by atoms with Gasteiger partial charge >= 0.3 is 0 Å². The third-order valence-corrected chi connectivity index (χ3v) is 3.76.